The molecule has 1 saturated heterocycles. The second-order valence-corrected chi connectivity index (χ2v) is 6.53. The first-order chi connectivity index (χ1) is 8.55. The summed E-state index contributed by atoms with van der Waals surface area (Å²) in [6, 6.07) is 1.24. The van der Waals surface area contributed by atoms with Crippen molar-refractivity contribution < 1.29 is 8.42 Å². The third kappa shape index (κ3) is 2.49. The summed E-state index contributed by atoms with van der Waals surface area (Å²) in [6.07, 6.45) is 5.54. The maximum atomic E-state index is 12.3. The van der Waals surface area contributed by atoms with E-state index in [1.807, 2.05) is 0 Å². The van der Waals surface area contributed by atoms with Gasteiger partial charge in [-0.3, -0.25) is 4.79 Å². The van der Waals surface area contributed by atoms with E-state index in [0.717, 1.165) is 19.3 Å². The van der Waals surface area contributed by atoms with Gasteiger partial charge < -0.3 is 4.98 Å². The van der Waals surface area contributed by atoms with Crippen molar-refractivity contribution in [3.63, 3.8) is 0 Å². The topological polar surface area (TPSA) is 70.2 Å². The van der Waals surface area contributed by atoms with Crippen LogP contribution in [0.1, 0.15) is 26.2 Å². The maximum Gasteiger partial charge on any atom is 0.248 e. The molecule has 5 nitrogen and oxygen atoms in total. The average molecular weight is 270 g/mol. The maximum absolute atomic E-state index is 12.3. The summed E-state index contributed by atoms with van der Waals surface area (Å²) in [6.45, 7) is 3.14. The summed E-state index contributed by atoms with van der Waals surface area (Å²) in [5.41, 5.74) is -0.452. The zero-order valence-corrected chi connectivity index (χ0v) is 11.2. The molecular weight excluding hydrogens is 252 g/mol. The van der Waals surface area contributed by atoms with Crippen molar-refractivity contribution in [3.8, 4) is 0 Å². The van der Waals surface area contributed by atoms with Gasteiger partial charge in [-0.2, -0.15) is 4.31 Å². The van der Waals surface area contributed by atoms with Gasteiger partial charge >= 0.3 is 0 Å². The molecule has 2 rings (SSSR count). The number of pyridine rings is 1. The molecule has 0 amide bonds. The molecule has 0 bridgehead atoms. The van der Waals surface area contributed by atoms with Gasteiger partial charge in [0.05, 0.1) is 0 Å². The van der Waals surface area contributed by atoms with Gasteiger partial charge in [0, 0.05) is 31.5 Å². The first-order valence-corrected chi connectivity index (χ1v) is 7.67. The van der Waals surface area contributed by atoms with Crippen molar-refractivity contribution in [2.45, 2.75) is 31.1 Å². The normalized spacial score (nSPS) is 18.9. The fourth-order valence-electron chi connectivity index (χ4n) is 2.30. The highest BCUT2D eigenvalue weighted by Gasteiger charge is 2.30. The zero-order chi connectivity index (χ0) is 13.2. The molecule has 18 heavy (non-hydrogen) atoms. The molecule has 0 aromatic carbocycles. The molecule has 1 aliphatic rings. The molecule has 1 aliphatic heterocycles. The van der Waals surface area contributed by atoms with Crippen LogP contribution in [0, 0.1) is 5.92 Å². The number of hydrogen-bond donors (Lipinski definition) is 1. The highest BCUT2D eigenvalue weighted by atomic mass is 32.2. The molecule has 0 spiro atoms. The van der Waals surface area contributed by atoms with E-state index in [-0.39, 0.29) is 4.90 Å². The van der Waals surface area contributed by atoms with Gasteiger partial charge in [-0.15, -0.1) is 0 Å². The fraction of sp³-hybridized carbons (Fsp3) is 0.583. The van der Waals surface area contributed by atoms with Crippen molar-refractivity contribution in [1.29, 1.82) is 0 Å². The predicted molar refractivity (Wildman–Crippen MR) is 68.8 cm³/mol. The lowest BCUT2D eigenvalue weighted by molar-refractivity contribution is 0.269. The number of nitrogens with zero attached hydrogens (tertiary/aromatic N) is 1. The van der Waals surface area contributed by atoms with Crippen LogP contribution in [0.3, 0.4) is 0 Å². The Kier molecular flexibility index (Phi) is 3.87. The number of aromatic nitrogens is 1. The Morgan fingerprint density at radius 2 is 2.06 bits per heavy atom. The van der Waals surface area contributed by atoms with Crippen LogP contribution in [0.15, 0.2) is 28.2 Å². The van der Waals surface area contributed by atoms with E-state index in [1.54, 1.807) is 0 Å². The number of nitrogens with one attached hydrogen (secondary N) is 1. The SMILES string of the molecule is CCC1CCN(S(=O)(=O)c2c[nH]ccc2=O)CC1. The summed E-state index contributed by atoms with van der Waals surface area (Å²) in [4.78, 5) is 14.1. The fourth-order valence-corrected chi connectivity index (χ4v) is 3.81. The Morgan fingerprint density at radius 3 is 2.61 bits per heavy atom. The van der Waals surface area contributed by atoms with Gasteiger partial charge in [0.15, 0.2) is 0 Å². The Morgan fingerprint density at radius 1 is 1.39 bits per heavy atom. The van der Waals surface area contributed by atoms with Crippen LogP contribution < -0.4 is 5.43 Å². The van der Waals surface area contributed by atoms with Crippen molar-refractivity contribution in [1.82, 2.24) is 9.29 Å². The summed E-state index contributed by atoms with van der Waals surface area (Å²) in [5, 5.41) is 0. The van der Waals surface area contributed by atoms with E-state index in [4.69, 9.17) is 0 Å². The second kappa shape index (κ2) is 5.24. The second-order valence-electron chi connectivity index (χ2n) is 4.63. The monoisotopic (exact) mass is 270 g/mol. The van der Waals surface area contributed by atoms with Crippen LogP contribution in [0.5, 0.6) is 0 Å². The first-order valence-electron chi connectivity index (χ1n) is 6.23. The van der Waals surface area contributed by atoms with E-state index in [0.29, 0.717) is 19.0 Å². The number of sulfonamides is 1. The minimum absolute atomic E-state index is 0.153. The molecule has 6 heteroatoms. The first kappa shape index (κ1) is 13.3. The van der Waals surface area contributed by atoms with Crippen LogP contribution in [0.25, 0.3) is 0 Å². The number of rotatable bonds is 3. The average Bonchev–Trinajstić information content (AvgIpc) is 2.39. The molecule has 100 valence electrons. The van der Waals surface area contributed by atoms with Crippen LogP contribution in [0.4, 0.5) is 0 Å². The highest BCUT2D eigenvalue weighted by molar-refractivity contribution is 7.89. The van der Waals surface area contributed by atoms with E-state index in [1.165, 1.54) is 22.8 Å². The number of H-pyrrole nitrogens is 1. The van der Waals surface area contributed by atoms with Crippen LogP contribution in [-0.2, 0) is 10.0 Å². The number of piperidine rings is 1. The molecule has 0 aliphatic carbocycles. The van der Waals surface area contributed by atoms with Gasteiger partial charge in [-0.05, 0) is 18.8 Å². The molecule has 0 radical (unpaired) electrons. The minimum atomic E-state index is -3.63. The molecule has 2 heterocycles. The molecule has 1 fully saturated rings. The largest absolute Gasteiger partial charge is 0.366 e. The molecular formula is C12H18N2O3S. The Bertz CT molecular complexity index is 557. The predicted octanol–water partition coefficient (Wildman–Crippen LogP) is 1.19. The Labute approximate surface area is 107 Å². The van der Waals surface area contributed by atoms with E-state index in [9.17, 15) is 13.2 Å². The van der Waals surface area contributed by atoms with E-state index >= 15 is 0 Å². The lowest BCUT2D eigenvalue weighted by Crippen LogP contribution is -2.40. The van der Waals surface area contributed by atoms with Crippen molar-refractivity contribution >= 4 is 10.0 Å². The minimum Gasteiger partial charge on any atom is -0.366 e. The van der Waals surface area contributed by atoms with Crippen molar-refractivity contribution in [2.24, 2.45) is 5.92 Å². The summed E-state index contributed by atoms with van der Waals surface area (Å²) < 4.78 is 26.0. The molecule has 1 aromatic rings. The van der Waals surface area contributed by atoms with Crippen molar-refractivity contribution in [2.75, 3.05) is 13.1 Å². The Hall–Kier alpha value is -1.14. The number of aromatic amines is 1. The summed E-state index contributed by atoms with van der Waals surface area (Å²) >= 11 is 0. The summed E-state index contributed by atoms with van der Waals surface area (Å²) in [5.74, 6) is 0.602. The molecule has 0 saturated carbocycles. The van der Waals surface area contributed by atoms with E-state index in [2.05, 4.69) is 11.9 Å². The lowest BCUT2D eigenvalue weighted by atomic mass is 9.96. The van der Waals surface area contributed by atoms with Gasteiger partial charge in [0.25, 0.3) is 0 Å². The number of hydrogen-bond acceptors (Lipinski definition) is 3. The van der Waals surface area contributed by atoms with Crippen LogP contribution in [0.2, 0.25) is 0 Å². The third-order valence-corrected chi connectivity index (χ3v) is 5.48. The molecule has 1 aromatic heterocycles. The molecule has 0 atom stereocenters. The molecule has 1 N–H and O–H groups in total. The molecule has 0 unspecified atom stereocenters. The van der Waals surface area contributed by atoms with Crippen LogP contribution in [-0.4, -0.2) is 30.8 Å². The summed E-state index contributed by atoms with van der Waals surface area (Å²) in [7, 11) is -3.63. The smallest absolute Gasteiger partial charge is 0.248 e. The van der Waals surface area contributed by atoms with Gasteiger partial charge in [0.1, 0.15) is 4.90 Å². The standard InChI is InChI=1S/C12H18N2O3S/c1-2-10-4-7-14(8-5-10)18(16,17)12-9-13-6-3-11(12)15/h3,6,9-10H,2,4-5,7-8H2,1H3,(H,13,15). The zero-order valence-electron chi connectivity index (χ0n) is 10.4. The lowest BCUT2D eigenvalue weighted by Gasteiger charge is -2.30. The van der Waals surface area contributed by atoms with Gasteiger partial charge in [0.2, 0.25) is 15.5 Å². The van der Waals surface area contributed by atoms with E-state index < -0.39 is 15.5 Å². The van der Waals surface area contributed by atoms with Crippen LogP contribution >= 0.6 is 0 Å². The highest BCUT2D eigenvalue weighted by Crippen LogP contribution is 2.23. The van der Waals surface area contributed by atoms with Crippen molar-refractivity contribution in [3.05, 3.63) is 28.7 Å². The third-order valence-electron chi connectivity index (χ3n) is 3.56. The Balaban J connectivity index is 2.23. The van der Waals surface area contributed by atoms with Gasteiger partial charge in [-0.25, -0.2) is 8.42 Å². The van der Waals surface area contributed by atoms with Gasteiger partial charge in [-0.1, -0.05) is 13.3 Å². The quantitative estimate of drug-likeness (QED) is 0.896.